The molecule has 0 aromatic carbocycles. The van der Waals surface area contributed by atoms with Crippen molar-refractivity contribution in [2.75, 3.05) is 5.75 Å². The van der Waals surface area contributed by atoms with Gasteiger partial charge in [0.25, 0.3) is 0 Å². The van der Waals surface area contributed by atoms with E-state index in [0.717, 1.165) is 12.2 Å². The second-order valence-corrected chi connectivity index (χ2v) is 4.51. The fourth-order valence-electron chi connectivity index (χ4n) is 1.60. The van der Waals surface area contributed by atoms with Crippen LogP contribution in [0.1, 0.15) is 18.0 Å². The fraction of sp³-hybridized carbons (Fsp3) is 0.556. The first-order chi connectivity index (χ1) is 7.22. The van der Waals surface area contributed by atoms with Crippen LogP contribution in [0.25, 0.3) is 0 Å². The number of carboxylic acid groups (broad SMARTS) is 1. The summed E-state index contributed by atoms with van der Waals surface area (Å²) in [5.74, 6) is -0.179. The van der Waals surface area contributed by atoms with Crippen LogP contribution in [0.5, 0.6) is 0 Å². The van der Waals surface area contributed by atoms with Gasteiger partial charge in [0.1, 0.15) is 6.04 Å². The maximum Gasteiger partial charge on any atom is 0.321 e. The Morgan fingerprint density at radius 3 is 3.27 bits per heavy atom. The standard InChI is InChI=1S/C9H13N3O2S/c1-2-12-5-10-3-7(12)8-11-6(4-15-8)9(13)14/h3,5-6,8,11H,2,4H2,1H3,(H,13,14). The van der Waals surface area contributed by atoms with E-state index in [1.807, 2.05) is 11.5 Å². The van der Waals surface area contributed by atoms with E-state index in [9.17, 15) is 4.79 Å². The topological polar surface area (TPSA) is 67.2 Å². The van der Waals surface area contributed by atoms with Crippen molar-refractivity contribution < 1.29 is 9.90 Å². The number of nitrogens with one attached hydrogen (secondary N) is 1. The number of hydrogen-bond acceptors (Lipinski definition) is 4. The smallest absolute Gasteiger partial charge is 0.321 e. The first-order valence-corrected chi connectivity index (χ1v) is 5.87. The largest absolute Gasteiger partial charge is 0.480 e. The summed E-state index contributed by atoms with van der Waals surface area (Å²) < 4.78 is 2.02. The van der Waals surface area contributed by atoms with E-state index in [1.54, 1.807) is 24.3 Å². The van der Waals surface area contributed by atoms with Gasteiger partial charge in [-0.3, -0.25) is 10.1 Å². The molecule has 1 aromatic rings. The Hall–Kier alpha value is -1.01. The average Bonchev–Trinajstić information content (AvgIpc) is 2.85. The summed E-state index contributed by atoms with van der Waals surface area (Å²) in [6, 6.07) is -0.444. The van der Waals surface area contributed by atoms with E-state index in [4.69, 9.17) is 5.11 Å². The minimum atomic E-state index is -0.785. The van der Waals surface area contributed by atoms with Crippen LogP contribution in [0, 0.1) is 0 Å². The molecule has 15 heavy (non-hydrogen) atoms. The highest BCUT2D eigenvalue weighted by Crippen LogP contribution is 2.32. The van der Waals surface area contributed by atoms with Crippen molar-refractivity contribution in [2.24, 2.45) is 0 Å². The van der Waals surface area contributed by atoms with Crippen LogP contribution >= 0.6 is 11.8 Å². The van der Waals surface area contributed by atoms with E-state index in [0.29, 0.717) is 5.75 Å². The summed E-state index contributed by atoms with van der Waals surface area (Å²) in [5.41, 5.74) is 1.05. The third-order valence-corrected chi connectivity index (χ3v) is 3.67. The Bertz CT molecular complexity index is 366. The van der Waals surface area contributed by atoms with Crippen molar-refractivity contribution in [2.45, 2.75) is 24.9 Å². The molecule has 0 bridgehead atoms. The number of imidazole rings is 1. The van der Waals surface area contributed by atoms with Gasteiger partial charge in [-0.2, -0.15) is 0 Å². The number of nitrogens with zero attached hydrogens (tertiary/aromatic N) is 2. The lowest BCUT2D eigenvalue weighted by atomic mass is 10.3. The van der Waals surface area contributed by atoms with E-state index in [-0.39, 0.29) is 5.37 Å². The molecule has 1 aliphatic rings. The average molecular weight is 227 g/mol. The van der Waals surface area contributed by atoms with E-state index >= 15 is 0 Å². The molecule has 2 unspecified atom stereocenters. The molecule has 82 valence electrons. The summed E-state index contributed by atoms with van der Waals surface area (Å²) in [6.45, 7) is 2.89. The first-order valence-electron chi connectivity index (χ1n) is 4.83. The van der Waals surface area contributed by atoms with Crippen molar-refractivity contribution in [3.8, 4) is 0 Å². The molecule has 0 amide bonds. The van der Waals surface area contributed by atoms with E-state index in [2.05, 4.69) is 10.3 Å². The lowest BCUT2D eigenvalue weighted by molar-refractivity contribution is -0.138. The monoisotopic (exact) mass is 227 g/mol. The number of hydrogen-bond donors (Lipinski definition) is 2. The van der Waals surface area contributed by atoms with Crippen LogP contribution in [0.4, 0.5) is 0 Å². The van der Waals surface area contributed by atoms with Crippen molar-refractivity contribution in [1.29, 1.82) is 0 Å². The molecule has 0 radical (unpaired) electrons. The molecular formula is C9H13N3O2S. The van der Waals surface area contributed by atoms with Crippen LogP contribution in [-0.2, 0) is 11.3 Å². The van der Waals surface area contributed by atoms with Crippen LogP contribution in [0.3, 0.4) is 0 Å². The van der Waals surface area contributed by atoms with Crippen LogP contribution in [0.2, 0.25) is 0 Å². The van der Waals surface area contributed by atoms with Gasteiger partial charge in [-0.25, -0.2) is 4.98 Å². The van der Waals surface area contributed by atoms with Gasteiger partial charge in [-0.1, -0.05) is 0 Å². The summed E-state index contributed by atoms with van der Waals surface area (Å²) in [4.78, 5) is 14.8. The molecule has 6 heteroatoms. The Morgan fingerprint density at radius 1 is 1.87 bits per heavy atom. The van der Waals surface area contributed by atoms with Gasteiger partial charge >= 0.3 is 5.97 Å². The number of thioether (sulfide) groups is 1. The predicted octanol–water partition coefficient (Wildman–Crippen LogP) is 0.691. The molecule has 0 aliphatic carbocycles. The van der Waals surface area contributed by atoms with Crippen molar-refractivity contribution in [3.63, 3.8) is 0 Å². The quantitative estimate of drug-likeness (QED) is 0.795. The molecule has 2 N–H and O–H groups in total. The number of rotatable bonds is 3. The second kappa shape index (κ2) is 4.24. The molecule has 0 spiro atoms. The molecular weight excluding hydrogens is 214 g/mol. The normalized spacial score (nSPS) is 25.7. The van der Waals surface area contributed by atoms with Gasteiger partial charge in [0.2, 0.25) is 0 Å². The third-order valence-electron chi connectivity index (χ3n) is 2.43. The SMILES string of the molecule is CCn1cncc1C1NC(C(=O)O)CS1. The highest BCUT2D eigenvalue weighted by Gasteiger charge is 2.31. The predicted molar refractivity (Wildman–Crippen MR) is 57.7 cm³/mol. The minimum absolute atomic E-state index is 0.0496. The molecule has 1 aliphatic heterocycles. The third kappa shape index (κ3) is 2.00. The van der Waals surface area contributed by atoms with Gasteiger partial charge in [0.05, 0.1) is 23.6 Å². The summed E-state index contributed by atoms with van der Waals surface area (Å²) in [6.07, 6.45) is 3.56. The van der Waals surface area contributed by atoms with Gasteiger partial charge in [-0.15, -0.1) is 11.8 Å². The van der Waals surface area contributed by atoms with E-state index in [1.165, 1.54) is 0 Å². The summed E-state index contributed by atoms with van der Waals surface area (Å²) >= 11 is 1.61. The van der Waals surface area contributed by atoms with E-state index < -0.39 is 12.0 Å². The number of carbonyl (C=O) groups is 1. The number of aryl methyl sites for hydroxylation is 1. The molecule has 1 saturated heterocycles. The Morgan fingerprint density at radius 2 is 2.67 bits per heavy atom. The minimum Gasteiger partial charge on any atom is -0.480 e. The number of aromatic nitrogens is 2. The highest BCUT2D eigenvalue weighted by atomic mass is 32.2. The van der Waals surface area contributed by atoms with Gasteiger partial charge < -0.3 is 9.67 Å². The van der Waals surface area contributed by atoms with Crippen molar-refractivity contribution >= 4 is 17.7 Å². The zero-order valence-electron chi connectivity index (χ0n) is 8.38. The highest BCUT2D eigenvalue weighted by molar-refractivity contribution is 7.99. The molecule has 1 fully saturated rings. The van der Waals surface area contributed by atoms with Gasteiger partial charge in [-0.05, 0) is 6.92 Å². The Labute approximate surface area is 91.9 Å². The maximum absolute atomic E-state index is 10.8. The van der Waals surface area contributed by atoms with Crippen LogP contribution < -0.4 is 5.32 Å². The zero-order valence-corrected chi connectivity index (χ0v) is 9.20. The van der Waals surface area contributed by atoms with Gasteiger partial charge in [0.15, 0.2) is 0 Å². The van der Waals surface area contributed by atoms with Crippen LogP contribution in [0.15, 0.2) is 12.5 Å². The van der Waals surface area contributed by atoms with Crippen LogP contribution in [-0.4, -0.2) is 32.4 Å². The molecule has 2 heterocycles. The summed E-state index contributed by atoms with van der Waals surface area (Å²) in [7, 11) is 0. The molecule has 0 saturated carbocycles. The molecule has 2 atom stereocenters. The van der Waals surface area contributed by atoms with Gasteiger partial charge in [0, 0.05) is 12.3 Å². The number of aliphatic carboxylic acids is 1. The maximum atomic E-state index is 10.8. The molecule has 5 nitrogen and oxygen atoms in total. The molecule has 1 aromatic heterocycles. The van der Waals surface area contributed by atoms with Crippen molar-refractivity contribution in [3.05, 3.63) is 18.2 Å². The molecule has 2 rings (SSSR count). The Balaban J connectivity index is 2.10. The number of carboxylic acids is 1. The lowest BCUT2D eigenvalue weighted by Crippen LogP contribution is -2.34. The van der Waals surface area contributed by atoms with Crippen molar-refractivity contribution in [1.82, 2.24) is 14.9 Å². The fourth-order valence-corrected chi connectivity index (χ4v) is 2.85. The Kier molecular flexibility index (Phi) is 2.97. The second-order valence-electron chi connectivity index (χ2n) is 3.38. The first kappa shape index (κ1) is 10.5. The summed E-state index contributed by atoms with van der Waals surface area (Å²) in [5, 5.41) is 12.0. The lowest BCUT2D eigenvalue weighted by Gasteiger charge is -2.12. The zero-order chi connectivity index (χ0) is 10.8.